The summed E-state index contributed by atoms with van der Waals surface area (Å²) in [4.78, 5) is 11.0. The van der Waals surface area contributed by atoms with Gasteiger partial charge in [-0.2, -0.15) is 11.8 Å². The van der Waals surface area contributed by atoms with Crippen molar-refractivity contribution < 1.29 is 4.79 Å². The lowest BCUT2D eigenvalue weighted by Crippen LogP contribution is -2.51. The fourth-order valence-corrected chi connectivity index (χ4v) is 2.78. The summed E-state index contributed by atoms with van der Waals surface area (Å²) in [5.41, 5.74) is 0. The molecule has 0 aliphatic carbocycles. The van der Waals surface area contributed by atoms with Crippen LogP contribution in [0.2, 0.25) is 0 Å². The van der Waals surface area contributed by atoms with E-state index in [9.17, 15) is 4.79 Å². The molecule has 2 bridgehead atoms. The summed E-state index contributed by atoms with van der Waals surface area (Å²) in [5.74, 6) is 2.71. The molecule has 0 aromatic rings. The van der Waals surface area contributed by atoms with Gasteiger partial charge in [0.2, 0.25) is 0 Å². The first-order valence-corrected chi connectivity index (χ1v) is 4.85. The van der Waals surface area contributed by atoms with Gasteiger partial charge in [-0.15, -0.1) is 12.4 Å². The van der Waals surface area contributed by atoms with E-state index >= 15 is 0 Å². The minimum absolute atomic E-state index is 0. The summed E-state index contributed by atoms with van der Waals surface area (Å²) >= 11 is 1.97. The molecule has 0 saturated carbocycles. The Hall–Kier alpha value is 0.270. The molecular weight excluding hydrogens is 182 g/mol. The van der Waals surface area contributed by atoms with Crippen LogP contribution in [0.1, 0.15) is 12.8 Å². The fraction of sp³-hybridized carbons (Fsp3) is 0.857. The minimum Gasteiger partial charge on any atom is -0.309 e. The number of fused-ring (bicyclic) bond motifs is 2. The van der Waals surface area contributed by atoms with E-state index in [0.29, 0.717) is 17.9 Å². The van der Waals surface area contributed by atoms with Gasteiger partial charge in [-0.25, -0.2) is 0 Å². The standard InChI is InChI=1S/C7H11NOS.ClH/c9-7-1-5-3-10-4-6(2-7)8-5;/h5-6,8H,1-4H2;1H. The molecule has 2 aliphatic heterocycles. The Morgan fingerprint density at radius 1 is 1.27 bits per heavy atom. The van der Waals surface area contributed by atoms with Crippen molar-refractivity contribution >= 4 is 30.0 Å². The minimum atomic E-state index is 0. The smallest absolute Gasteiger partial charge is 0.136 e. The Morgan fingerprint density at radius 2 is 1.82 bits per heavy atom. The van der Waals surface area contributed by atoms with Crippen LogP contribution in [-0.2, 0) is 4.79 Å². The number of piperidine rings is 1. The second-order valence-corrected chi connectivity index (χ2v) is 4.12. The lowest BCUT2D eigenvalue weighted by Gasteiger charge is -2.34. The zero-order valence-corrected chi connectivity index (χ0v) is 7.84. The molecule has 0 radical (unpaired) electrons. The maximum atomic E-state index is 11.0. The average molecular weight is 194 g/mol. The summed E-state index contributed by atoms with van der Waals surface area (Å²) < 4.78 is 0. The Morgan fingerprint density at radius 3 is 2.36 bits per heavy atom. The first-order chi connectivity index (χ1) is 4.84. The van der Waals surface area contributed by atoms with Crippen molar-refractivity contribution in [3.05, 3.63) is 0 Å². The predicted octanol–water partition coefficient (Wildman–Crippen LogP) is 0.845. The van der Waals surface area contributed by atoms with Crippen LogP contribution in [0.25, 0.3) is 0 Å². The topological polar surface area (TPSA) is 29.1 Å². The lowest BCUT2D eigenvalue weighted by atomic mass is 9.99. The molecule has 64 valence electrons. The van der Waals surface area contributed by atoms with E-state index in [0.717, 1.165) is 24.3 Å². The van der Waals surface area contributed by atoms with Crippen molar-refractivity contribution in [3.63, 3.8) is 0 Å². The number of halogens is 1. The van der Waals surface area contributed by atoms with Crippen molar-refractivity contribution in [1.29, 1.82) is 0 Å². The van der Waals surface area contributed by atoms with Crippen LogP contribution in [-0.4, -0.2) is 29.4 Å². The number of ketones is 1. The van der Waals surface area contributed by atoms with Crippen molar-refractivity contribution in [2.75, 3.05) is 11.5 Å². The third-order valence-electron chi connectivity index (χ3n) is 2.06. The van der Waals surface area contributed by atoms with Crippen LogP contribution >= 0.6 is 24.2 Å². The Balaban J connectivity index is 0.000000605. The number of nitrogens with one attached hydrogen (secondary N) is 1. The second-order valence-electron chi connectivity index (χ2n) is 3.04. The summed E-state index contributed by atoms with van der Waals surface area (Å²) in [6.45, 7) is 0. The van der Waals surface area contributed by atoms with Crippen LogP contribution in [0.3, 0.4) is 0 Å². The SMILES string of the molecule is Cl.O=C1CC2CSCC(C1)N2. The molecule has 0 aromatic carbocycles. The average Bonchev–Trinajstić information content (AvgIpc) is 1.85. The monoisotopic (exact) mass is 193 g/mol. The summed E-state index contributed by atoms with van der Waals surface area (Å²) in [5, 5.41) is 3.44. The molecule has 2 unspecified atom stereocenters. The van der Waals surface area contributed by atoms with Gasteiger partial charge in [0, 0.05) is 36.4 Å². The normalized spacial score (nSPS) is 36.2. The maximum Gasteiger partial charge on any atom is 0.136 e. The number of Topliss-reactive ketones (excluding diaryl/α,β-unsaturated/α-hetero) is 1. The lowest BCUT2D eigenvalue weighted by molar-refractivity contribution is -0.121. The van der Waals surface area contributed by atoms with Gasteiger partial charge < -0.3 is 5.32 Å². The molecule has 2 aliphatic rings. The third-order valence-corrected chi connectivity index (χ3v) is 3.33. The van der Waals surface area contributed by atoms with Gasteiger partial charge in [0.15, 0.2) is 0 Å². The van der Waals surface area contributed by atoms with Crippen molar-refractivity contribution in [2.24, 2.45) is 0 Å². The van der Waals surface area contributed by atoms with E-state index in [1.165, 1.54) is 0 Å². The van der Waals surface area contributed by atoms with E-state index in [-0.39, 0.29) is 12.4 Å². The van der Waals surface area contributed by atoms with E-state index in [1.807, 2.05) is 11.8 Å². The quantitative estimate of drug-likeness (QED) is 0.619. The largest absolute Gasteiger partial charge is 0.309 e. The number of hydrogen-bond donors (Lipinski definition) is 1. The van der Waals surface area contributed by atoms with E-state index < -0.39 is 0 Å². The molecule has 0 amide bonds. The van der Waals surface area contributed by atoms with E-state index in [4.69, 9.17) is 0 Å². The van der Waals surface area contributed by atoms with Gasteiger partial charge in [-0.1, -0.05) is 0 Å². The molecular formula is C7H12ClNOS. The van der Waals surface area contributed by atoms with E-state index in [1.54, 1.807) is 0 Å². The fourth-order valence-electron chi connectivity index (χ4n) is 1.65. The molecule has 2 atom stereocenters. The molecule has 1 N–H and O–H groups in total. The highest BCUT2D eigenvalue weighted by Gasteiger charge is 2.29. The van der Waals surface area contributed by atoms with Gasteiger partial charge >= 0.3 is 0 Å². The maximum absolute atomic E-state index is 11.0. The van der Waals surface area contributed by atoms with Crippen LogP contribution < -0.4 is 5.32 Å². The van der Waals surface area contributed by atoms with Gasteiger partial charge in [0.05, 0.1) is 0 Å². The van der Waals surface area contributed by atoms with Gasteiger partial charge in [0.1, 0.15) is 5.78 Å². The highest BCUT2D eigenvalue weighted by atomic mass is 35.5. The van der Waals surface area contributed by atoms with Crippen molar-refractivity contribution in [2.45, 2.75) is 24.9 Å². The van der Waals surface area contributed by atoms with Crippen LogP contribution in [0, 0.1) is 0 Å². The third kappa shape index (κ3) is 2.10. The Bertz CT molecular complexity index is 151. The van der Waals surface area contributed by atoms with Crippen molar-refractivity contribution in [1.82, 2.24) is 5.32 Å². The molecule has 2 nitrogen and oxygen atoms in total. The first-order valence-electron chi connectivity index (χ1n) is 3.70. The zero-order chi connectivity index (χ0) is 6.97. The summed E-state index contributed by atoms with van der Waals surface area (Å²) in [6, 6.07) is 0.981. The molecule has 4 heteroatoms. The summed E-state index contributed by atoms with van der Waals surface area (Å²) in [6.07, 6.45) is 1.53. The number of hydrogen-bond acceptors (Lipinski definition) is 3. The molecule has 2 heterocycles. The van der Waals surface area contributed by atoms with Crippen molar-refractivity contribution in [3.8, 4) is 0 Å². The van der Waals surface area contributed by atoms with Crippen LogP contribution in [0.4, 0.5) is 0 Å². The van der Waals surface area contributed by atoms with E-state index in [2.05, 4.69) is 5.32 Å². The Kier molecular flexibility index (Phi) is 3.22. The molecule has 2 fully saturated rings. The number of carbonyl (C=O) groups is 1. The molecule has 2 rings (SSSR count). The van der Waals surface area contributed by atoms with Gasteiger partial charge in [-0.05, 0) is 0 Å². The van der Waals surface area contributed by atoms with Crippen LogP contribution in [0.15, 0.2) is 0 Å². The molecule has 11 heavy (non-hydrogen) atoms. The number of rotatable bonds is 0. The highest BCUT2D eigenvalue weighted by molar-refractivity contribution is 7.99. The van der Waals surface area contributed by atoms with Crippen LogP contribution in [0.5, 0.6) is 0 Å². The first kappa shape index (κ1) is 9.36. The van der Waals surface area contributed by atoms with Gasteiger partial charge in [0.25, 0.3) is 0 Å². The molecule has 0 spiro atoms. The van der Waals surface area contributed by atoms with Gasteiger partial charge in [-0.3, -0.25) is 4.79 Å². The predicted molar refractivity (Wildman–Crippen MR) is 49.5 cm³/mol. The summed E-state index contributed by atoms with van der Waals surface area (Å²) in [7, 11) is 0. The second kappa shape index (κ2) is 3.78. The number of thioether (sulfide) groups is 1. The Labute approximate surface area is 76.9 Å². The zero-order valence-electron chi connectivity index (χ0n) is 6.21. The number of carbonyl (C=O) groups excluding carboxylic acids is 1. The molecule has 0 aromatic heterocycles. The highest BCUT2D eigenvalue weighted by Crippen LogP contribution is 2.21. The molecule has 2 saturated heterocycles.